The predicted octanol–water partition coefficient (Wildman–Crippen LogP) is 1.78. The highest BCUT2D eigenvalue weighted by Crippen LogP contribution is 2.15. The zero-order valence-corrected chi connectivity index (χ0v) is 14.1. The molecule has 1 aliphatic heterocycles. The van der Waals surface area contributed by atoms with Gasteiger partial charge in [0.2, 0.25) is 0 Å². The van der Waals surface area contributed by atoms with Gasteiger partial charge in [0.25, 0.3) is 0 Å². The lowest BCUT2D eigenvalue weighted by atomic mass is 10.2. The monoisotopic (exact) mass is 339 g/mol. The van der Waals surface area contributed by atoms with Crippen molar-refractivity contribution in [2.45, 2.75) is 31.9 Å². The van der Waals surface area contributed by atoms with Gasteiger partial charge in [0.15, 0.2) is 17.5 Å². The van der Waals surface area contributed by atoms with Gasteiger partial charge in [-0.1, -0.05) is 6.07 Å². The summed E-state index contributed by atoms with van der Waals surface area (Å²) >= 11 is 0. The number of aliphatic imine (C=N–C) groups is 1. The molecule has 1 aromatic carbocycles. The first-order valence-electron chi connectivity index (χ1n) is 8.30. The maximum Gasteiger partial charge on any atom is 0.191 e. The van der Waals surface area contributed by atoms with Crippen molar-refractivity contribution < 1.29 is 19.0 Å². The van der Waals surface area contributed by atoms with Crippen LogP contribution in [-0.4, -0.2) is 50.6 Å². The van der Waals surface area contributed by atoms with Crippen molar-refractivity contribution in [2.24, 2.45) is 4.99 Å². The van der Waals surface area contributed by atoms with Gasteiger partial charge in [-0.15, -0.1) is 0 Å². The lowest BCUT2D eigenvalue weighted by molar-refractivity contribution is 0.0168. The Morgan fingerprint density at radius 1 is 1.46 bits per heavy atom. The Kier molecular flexibility index (Phi) is 7.77. The molecule has 2 rings (SSSR count). The van der Waals surface area contributed by atoms with Crippen LogP contribution in [0, 0.1) is 5.82 Å². The van der Waals surface area contributed by atoms with E-state index in [-0.39, 0.29) is 11.9 Å². The molecule has 7 heteroatoms. The molecule has 1 aromatic rings. The molecule has 1 saturated heterocycles. The molecule has 3 N–H and O–H groups in total. The summed E-state index contributed by atoms with van der Waals surface area (Å²) in [5.74, 6) is -0.326. The number of guanidine groups is 1. The third-order valence-electron chi connectivity index (χ3n) is 3.78. The summed E-state index contributed by atoms with van der Waals surface area (Å²) in [5, 5.41) is 15.4. The average Bonchev–Trinajstić information content (AvgIpc) is 3.10. The molecule has 1 atom stereocenters. The lowest BCUT2D eigenvalue weighted by Gasteiger charge is -2.13. The summed E-state index contributed by atoms with van der Waals surface area (Å²) < 4.78 is 24.4. The molecular weight excluding hydrogens is 313 g/mol. The predicted molar refractivity (Wildman–Crippen MR) is 90.7 cm³/mol. The molecule has 0 bridgehead atoms. The summed E-state index contributed by atoms with van der Waals surface area (Å²) in [6.45, 7) is 3.34. The number of benzene rings is 1. The molecule has 6 nitrogen and oxygen atoms in total. The zero-order valence-electron chi connectivity index (χ0n) is 14.1. The van der Waals surface area contributed by atoms with E-state index >= 15 is 0 Å². The Labute approximate surface area is 142 Å². The van der Waals surface area contributed by atoms with E-state index in [1.807, 2.05) is 0 Å². The number of nitrogens with one attached hydrogen (secondary N) is 2. The van der Waals surface area contributed by atoms with Gasteiger partial charge in [-0.05, 0) is 37.0 Å². The number of halogens is 1. The number of aromatic hydroxyl groups is 1. The molecule has 0 radical (unpaired) electrons. The molecule has 1 heterocycles. The quantitative estimate of drug-likeness (QED) is 0.382. The molecule has 1 fully saturated rings. The number of ether oxygens (including phenoxy) is 2. The van der Waals surface area contributed by atoms with Crippen LogP contribution in [0.5, 0.6) is 5.75 Å². The topological polar surface area (TPSA) is 75.1 Å². The van der Waals surface area contributed by atoms with E-state index in [0.717, 1.165) is 38.0 Å². The molecule has 0 spiro atoms. The van der Waals surface area contributed by atoms with E-state index in [0.29, 0.717) is 25.7 Å². The van der Waals surface area contributed by atoms with E-state index in [4.69, 9.17) is 9.47 Å². The van der Waals surface area contributed by atoms with Crippen LogP contribution >= 0.6 is 0 Å². The Morgan fingerprint density at radius 3 is 3.04 bits per heavy atom. The van der Waals surface area contributed by atoms with Crippen LogP contribution in [0.4, 0.5) is 4.39 Å². The van der Waals surface area contributed by atoms with Crippen molar-refractivity contribution in [3.8, 4) is 5.75 Å². The van der Waals surface area contributed by atoms with E-state index in [2.05, 4.69) is 15.6 Å². The summed E-state index contributed by atoms with van der Waals surface area (Å²) in [7, 11) is 1.68. The van der Waals surface area contributed by atoms with Crippen molar-refractivity contribution in [1.29, 1.82) is 0 Å². The maximum absolute atomic E-state index is 13.3. The summed E-state index contributed by atoms with van der Waals surface area (Å²) in [4.78, 5) is 4.11. The second-order valence-corrected chi connectivity index (χ2v) is 5.70. The van der Waals surface area contributed by atoms with Gasteiger partial charge in [-0.3, -0.25) is 4.99 Å². The van der Waals surface area contributed by atoms with Gasteiger partial charge in [0.05, 0.1) is 12.7 Å². The van der Waals surface area contributed by atoms with Crippen LogP contribution in [0.25, 0.3) is 0 Å². The summed E-state index contributed by atoms with van der Waals surface area (Å²) in [6, 6.07) is 4.31. The smallest absolute Gasteiger partial charge is 0.191 e. The molecule has 0 saturated carbocycles. The van der Waals surface area contributed by atoms with Crippen molar-refractivity contribution in [2.75, 3.05) is 33.4 Å². The largest absolute Gasteiger partial charge is 0.505 e. The second kappa shape index (κ2) is 10.1. The Morgan fingerprint density at radius 2 is 2.33 bits per heavy atom. The van der Waals surface area contributed by atoms with E-state index in [1.165, 1.54) is 12.1 Å². The second-order valence-electron chi connectivity index (χ2n) is 5.70. The fourth-order valence-corrected chi connectivity index (χ4v) is 2.44. The highest BCUT2D eigenvalue weighted by Gasteiger charge is 2.14. The van der Waals surface area contributed by atoms with Crippen molar-refractivity contribution in [3.63, 3.8) is 0 Å². The van der Waals surface area contributed by atoms with Gasteiger partial charge in [-0.2, -0.15) is 0 Å². The lowest BCUT2D eigenvalue weighted by Crippen LogP contribution is -2.37. The van der Waals surface area contributed by atoms with Crippen LogP contribution in [0.1, 0.15) is 24.8 Å². The van der Waals surface area contributed by atoms with Gasteiger partial charge in [0, 0.05) is 33.4 Å². The highest BCUT2D eigenvalue weighted by atomic mass is 19.1. The SMILES string of the molecule is CN=C(NCCCOCC1CCCO1)NCc1ccc(O)c(F)c1. The maximum atomic E-state index is 13.3. The average molecular weight is 339 g/mol. The first-order valence-corrected chi connectivity index (χ1v) is 8.30. The van der Waals surface area contributed by atoms with Gasteiger partial charge < -0.3 is 25.2 Å². The van der Waals surface area contributed by atoms with Crippen LogP contribution in [-0.2, 0) is 16.0 Å². The minimum atomic E-state index is -0.624. The molecule has 0 aromatic heterocycles. The van der Waals surface area contributed by atoms with Gasteiger partial charge >= 0.3 is 0 Å². The van der Waals surface area contributed by atoms with E-state index in [1.54, 1.807) is 13.1 Å². The minimum Gasteiger partial charge on any atom is -0.505 e. The minimum absolute atomic E-state index is 0.262. The number of phenols is 1. The van der Waals surface area contributed by atoms with Gasteiger partial charge in [0.1, 0.15) is 0 Å². The van der Waals surface area contributed by atoms with E-state index < -0.39 is 5.82 Å². The first-order chi connectivity index (χ1) is 11.7. The molecule has 1 unspecified atom stereocenters. The van der Waals surface area contributed by atoms with Crippen molar-refractivity contribution in [3.05, 3.63) is 29.6 Å². The first kappa shape index (κ1) is 18.5. The third kappa shape index (κ3) is 6.33. The van der Waals surface area contributed by atoms with E-state index in [9.17, 15) is 9.50 Å². The number of rotatable bonds is 8. The summed E-state index contributed by atoms with van der Waals surface area (Å²) in [5.41, 5.74) is 0.730. The Balaban J connectivity index is 1.57. The normalized spacial score (nSPS) is 17.9. The molecule has 0 amide bonds. The molecule has 134 valence electrons. The number of hydrogen-bond acceptors (Lipinski definition) is 4. The fourth-order valence-electron chi connectivity index (χ4n) is 2.44. The molecular formula is C17H26FN3O3. The fraction of sp³-hybridized carbons (Fsp3) is 0.588. The Hall–Kier alpha value is -1.86. The molecule has 0 aliphatic carbocycles. The number of phenolic OH excluding ortho intramolecular Hbond substituents is 1. The summed E-state index contributed by atoms with van der Waals surface area (Å²) in [6.07, 6.45) is 3.34. The van der Waals surface area contributed by atoms with Crippen LogP contribution < -0.4 is 10.6 Å². The standard InChI is InChI=1S/C17H26FN3O3/c1-19-17(21-11-13-5-6-16(22)15(18)10-13)20-7-3-8-23-12-14-4-2-9-24-14/h5-6,10,14,22H,2-4,7-9,11-12H2,1H3,(H2,19,20,21). The van der Waals surface area contributed by atoms with Crippen LogP contribution in [0.2, 0.25) is 0 Å². The number of nitrogens with zero attached hydrogens (tertiary/aromatic N) is 1. The number of hydrogen-bond donors (Lipinski definition) is 3. The van der Waals surface area contributed by atoms with Crippen molar-refractivity contribution >= 4 is 5.96 Å². The van der Waals surface area contributed by atoms with Crippen LogP contribution in [0.3, 0.4) is 0 Å². The third-order valence-corrected chi connectivity index (χ3v) is 3.78. The molecule has 1 aliphatic rings. The van der Waals surface area contributed by atoms with Gasteiger partial charge in [-0.25, -0.2) is 4.39 Å². The zero-order chi connectivity index (χ0) is 17.2. The highest BCUT2D eigenvalue weighted by molar-refractivity contribution is 5.79. The van der Waals surface area contributed by atoms with Crippen LogP contribution in [0.15, 0.2) is 23.2 Å². The molecule has 24 heavy (non-hydrogen) atoms. The van der Waals surface area contributed by atoms with Crippen molar-refractivity contribution in [1.82, 2.24) is 10.6 Å². The Bertz CT molecular complexity index is 534.